The average molecular weight is 379 g/mol. The summed E-state index contributed by atoms with van der Waals surface area (Å²) in [5, 5.41) is 13.7. The van der Waals surface area contributed by atoms with Crippen LogP contribution in [0.3, 0.4) is 0 Å². The second kappa shape index (κ2) is 5.98. The van der Waals surface area contributed by atoms with Crippen LogP contribution in [0.25, 0.3) is 0 Å². The van der Waals surface area contributed by atoms with Gasteiger partial charge >= 0.3 is 5.97 Å². The fourth-order valence-electron chi connectivity index (χ4n) is 6.48. The number of ether oxygens (including phenoxy) is 2. The molecule has 4 aliphatic rings. The molecule has 3 aliphatic carbocycles. The van der Waals surface area contributed by atoms with Gasteiger partial charge in [0.25, 0.3) is 0 Å². The Bertz CT molecular complexity index is 957. The first-order valence-electron chi connectivity index (χ1n) is 9.85. The summed E-state index contributed by atoms with van der Waals surface area (Å²) in [6.45, 7) is 1.41. The zero-order valence-electron chi connectivity index (χ0n) is 16.2. The number of methoxy groups -OCH3 is 2. The molecule has 0 radical (unpaired) electrons. The van der Waals surface area contributed by atoms with E-state index in [0.29, 0.717) is 12.3 Å². The molecule has 2 N–H and O–H groups in total. The number of hydrogen-bond acceptors (Lipinski definition) is 5. The van der Waals surface area contributed by atoms with E-state index in [4.69, 9.17) is 9.47 Å². The predicted molar refractivity (Wildman–Crippen MR) is 105 cm³/mol. The Balaban J connectivity index is 1.82. The summed E-state index contributed by atoms with van der Waals surface area (Å²) in [7, 11) is 3.06. The van der Waals surface area contributed by atoms with E-state index in [0.717, 1.165) is 24.9 Å². The lowest BCUT2D eigenvalue weighted by atomic mass is 9.42. The predicted octanol–water partition coefficient (Wildman–Crippen LogP) is 2.96. The number of phenolic OH excluding ortho intramolecular Hbond substituents is 1. The van der Waals surface area contributed by atoms with Crippen LogP contribution < -0.4 is 10.1 Å². The molecule has 2 aromatic carbocycles. The van der Waals surface area contributed by atoms with Gasteiger partial charge in [0, 0.05) is 30.3 Å². The summed E-state index contributed by atoms with van der Waals surface area (Å²) in [5.41, 5.74) is 2.77. The third-order valence-corrected chi connectivity index (χ3v) is 7.51. The number of rotatable bonds is 3. The first kappa shape index (κ1) is 17.6. The lowest BCUT2D eigenvalue weighted by molar-refractivity contribution is -0.161. The average Bonchev–Trinajstić information content (AvgIpc) is 3.21. The van der Waals surface area contributed by atoms with E-state index in [1.54, 1.807) is 13.2 Å². The van der Waals surface area contributed by atoms with E-state index in [-0.39, 0.29) is 29.0 Å². The third-order valence-electron chi connectivity index (χ3n) is 7.51. The zero-order valence-corrected chi connectivity index (χ0v) is 16.2. The van der Waals surface area contributed by atoms with Crippen LogP contribution in [-0.4, -0.2) is 38.4 Å². The molecule has 2 bridgehead atoms. The maximum Gasteiger partial charge on any atom is 0.314 e. The van der Waals surface area contributed by atoms with Gasteiger partial charge in [0.05, 0.1) is 19.6 Å². The molecule has 1 aliphatic heterocycles. The Kier molecular flexibility index (Phi) is 3.75. The molecule has 1 saturated carbocycles. The van der Waals surface area contributed by atoms with Crippen molar-refractivity contribution in [2.75, 3.05) is 27.3 Å². The Morgan fingerprint density at radius 2 is 2.04 bits per heavy atom. The van der Waals surface area contributed by atoms with Crippen LogP contribution in [0.15, 0.2) is 42.5 Å². The Morgan fingerprint density at radius 1 is 1.21 bits per heavy atom. The minimum absolute atomic E-state index is 0.0929. The number of esters is 1. The third kappa shape index (κ3) is 1.92. The molecule has 0 spiro atoms. The first-order chi connectivity index (χ1) is 13.6. The van der Waals surface area contributed by atoms with Crippen LogP contribution in [0, 0.1) is 11.3 Å². The maximum atomic E-state index is 13.2. The van der Waals surface area contributed by atoms with Crippen molar-refractivity contribution in [3.63, 3.8) is 0 Å². The van der Waals surface area contributed by atoms with Crippen LogP contribution in [0.5, 0.6) is 11.5 Å². The molecule has 5 nitrogen and oxygen atoms in total. The topological polar surface area (TPSA) is 67.8 Å². The van der Waals surface area contributed by atoms with Crippen molar-refractivity contribution >= 4 is 5.97 Å². The number of aromatic hydroxyl groups is 1. The number of fused-ring (bicyclic) bond motifs is 1. The summed E-state index contributed by atoms with van der Waals surface area (Å²) in [5.74, 6) is 0.736. The summed E-state index contributed by atoms with van der Waals surface area (Å²) in [4.78, 5) is 13.2. The number of nitrogens with one attached hydrogen (secondary N) is 1. The van der Waals surface area contributed by atoms with Gasteiger partial charge in [0.2, 0.25) is 0 Å². The quantitative estimate of drug-likeness (QED) is 0.803. The van der Waals surface area contributed by atoms with E-state index in [1.165, 1.54) is 18.2 Å². The number of hydrogen-bond donors (Lipinski definition) is 2. The normalized spacial score (nSPS) is 32.5. The van der Waals surface area contributed by atoms with Gasteiger partial charge in [-0.1, -0.05) is 30.3 Å². The van der Waals surface area contributed by atoms with Crippen molar-refractivity contribution in [3.05, 3.63) is 59.2 Å². The molecule has 28 heavy (non-hydrogen) atoms. The van der Waals surface area contributed by atoms with E-state index in [2.05, 4.69) is 29.6 Å². The monoisotopic (exact) mass is 379 g/mol. The van der Waals surface area contributed by atoms with Gasteiger partial charge in [-0.15, -0.1) is 0 Å². The first-order valence-corrected chi connectivity index (χ1v) is 9.85. The van der Waals surface area contributed by atoms with Crippen molar-refractivity contribution in [2.24, 2.45) is 11.3 Å². The van der Waals surface area contributed by atoms with Gasteiger partial charge in [-0.3, -0.25) is 4.79 Å². The summed E-state index contributed by atoms with van der Waals surface area (Å²) in [6.07, 6.45) is 1.90. The molecule has 146 valence electrons. The maximum absolute atomic E-state index is 13.2. The van der Waals surface area contributed by atoms with Crippen molar-refractivity contribution in [1.82, 2.24) is 5.32 Å². The highest BCUT2D eigenvalue weighted by molar-refractivity contribution is 5.82. The number of benzene rings is 2. The summed E-state index contributed by atoms with van der Waals surface area (Å²) in [6, 6.07) is 14.2. The van der Waals surface area contributed by atoms with Gasteiger partial charge < -0.3 is 19.9 Å². The molecule has 4 unspecified atom stereocenters. The molecule has 4 atom stereocenters. The number of phenols is 1. The second-order valence-corrected chi connectivity index (χ2v) is 8.25. The van der Waals surface area contributed by atoms with E-state index < -0.39 is 5.41 Å². The molecular formula is C23H25NO4. The van der Waals surface area contributed by atoms with Crippen molar-refractivity contribution in [1.29, 1.82) is 0 Å². The van der Waals surface area contributed by atoms with E-state index in [9.17, 15) is 9.90 Å². The summed E-state index contributed by atoms with van der Waals surface area (Å²) < 4.78 is 10.8. The molecule has 2 fully saturated rings. The zero-order chi connectivity index (χ0) is 19.5. The minimum atomic E-state index is -0.563. The fourth-order valence-corrected chi connectivity index (χ4v) is 6.48. The largest absolute Gasteiger partial charge is 0.504 e. The number of carbonyl (C=O) groups excluding carboxylic acids is 1. The second-order valence-electron chi connectivity index (χ2n) is 8.25. The van der Waals surface area contributed by atoms with Gasteiger partial charge in [-0.05, 0) is 41.7 Å². The molecular weight excluding hydrogens is 354 g/mol. The number of carbonyl (C=O) groups is 1. The lowest BCUT2D eigenvalue weighted by Gasteiger charge is -2.59. The standard InChI is InChI=1S/C23H25NO4/c1-27-19-11-14(7-8-18(19)25)22-10-9-17(15-5-3-4-6-16(15)22)23(21(26)28-2)13-24-12-20(22)23/h3-8,11,17,20,24-25H,9-10,12-13H2,1-2H3. The van der Waals surface area contributed by atoms with Gasteiger partial charge in [-0.25, -0.2) is 0 Å². The minimum Gasteiger partial charge on any atom is -0.504 e. The molecule has 0 aromatic heterocycles. The van der Waals surface area contributed by atoms with Crippen LogP contribution in [0.1, 0.15) is 35.4 Å². The van der Waals surface area contributed by atoms with Crippen molar-refractivity contribution in [3.8, 4) is 11.5 Å². The van der Waals surface area contributed by atoms with E-state index in [1.807, 2.05) is 12.1 Å². The molecule has 1 saturated heterocycles. The lowest BCUT2D eigenvalue weighted by Crippen LogP contribution is -2.60. The smallest absolute Gasteiger partial charge is 0.314 e. The molecule has 0 amide bonds. The fraction of sp³-hybridized carbons (Fsp3) is 0.435. The van der Waals surface area contributed by atoms with Crippen LogP contribution in [0.2, 0.25) is 0 Å². The summed E-state index contributed by atoms with van der Waals surface area (Å²) >= 11 is 0. The van der Waals surface area contributed by atoms with Gasteiger partial charge in [-0.2, -0.15) is 0 Å². The molecule has 5 heteroatoms. The Hall–Kier alpha value is -2.53. The molecule has 6 rings (SSSR count). The molecule has 1 heterocycles. The van der Waals surface area contributed by atoms with Crippen LogP contribution >= 0.6 is 0 Å². The Morgan fingerprint density at radius 3 is 2.82 bits per heavy atom. The van der Waals surface area contributed by atoms with E-state index >= 15 is 0 Å². The van der Waals surface area contributed by atoms with Crippen molar-refractivity contribution < 1.29 is 19.4 Å². The highest BCUT2D eigenvalue weighted by Crippen LogP contribution is 2.68. The van der Waals surface area contributed by atoms with Crippen molar-refractivity contribution in [2.45, 2.75) is 24.2 Å². The Labute approximate surface area is 164 Å². The van der Waals surface area contributed by atoms with Gasteiger partial charge in [0.15, 0.2) is 11.5 Å². The van der Waals surface area contributed by atoms with Gasteiger partial charge in [0.1, 0.15) is 0 Å². The SMILES string of the molecule is COC(=O)C12CNCC1C1(c3ccc(O)c(OC)c3)CCC2c2ccccc21. The molecule has 2 aromatic rings. The van der Waals surface area contributed by atoms with Crippen LogP contribution in [0.4, 0.5) is 0 Å². The highest BCUT2D eigenvalue weighted by atomic mass is 16.5. The van der Waals surface area contributed by atoms with Crippen LogP contribution in [-0.2, 0) is 14.9 Å². The highest BCUT2D eigenvalue weighted by Gasteiger charge is 2.69.